The number of carbonyl (C=O) groups excluding carboxylic acids is 1. The van der Waals surface area contributed by atoms with Crippen LogP contribution in [0.2, 0.25) is 0 Å². The van der Waals surface area contributed by atoms with E-state index < -0.39 is 0 Å². The third-order valence-corrected chi connectivity index (χ3v) is 4.51. The molecule has 0 bridgehead atoms. The Kier molecular flexibility index (Phi) is 6.57. The van der Waals surface area contributed by atoms with Crippen molar-refractivity contribution < 1.29 is 14.3 Å². The number of carbonyl (C=O) groups is 1. The third kappa shape index (κ3) is 5.18. The number of amides is 2. The van der Waals surface area contributed by atoms with Crippen LogP contribution in [0.4, 0.5) is 9.18 Å². The van der Waals surface area contributed by atoms with E-state index in [1.807, 2.05) is 19.0 Å². The highest BCUT2D eigenvalue weighted by Gasteiger charge is 2.27. The lowest BCUT2D eigenvalue weighted by atomic mass is 10.1. The minimum absolute atomic E-state index is 0.165. The molecule has 2 amide bonds. The summed E-state index contributed by atoms with van der Waals surface area (Å²) in [6, 6.07) is 4.75. The normalized spacial score (nSPS) is 20.4. The largest absolute Gasteiger partial charge is 0.393 e. The fourth-order valence-electron chi connectivity index (χ4n) is 3.18. The quantitative estimate of drug-likeness (QED) is 0.837. The average molecular weight is 337 g/mol. The van der Waals surface area contributed by atoms with Gasteiger partial charge in [0.1, 0.15) is 5.82 Å². The monoisotopic (exact) mass is 337 g/mol. The van der Waals surface area contributed by atoms with Crippen molar-refractivity contribution in [3.05, 3.63) is 35.1 Å². The van der Waals surface area contributed by atoms with E-state index in [4.69, 9.17) is 0 Å². The molecule has 0 radical (unpaired) electrons. The Balaban J connectivity index is 1.86. The number of rotatable bonds is 6. The maximum absolute atomic E-state index is 13.8. The summed E-state index contributed by atoms with van der Waals surface area (Å²) in [5, 5.41) is 12.7. The van der Waals surface area contributed by atoms with E-state index >= 15 is 0 Å². The molecule has 1 aromatic carbocycles. The van der Waals surface area contributed by atoms with Gasteiger partial charge < -0.3 is 20.2 Å². The summed E-state index contributed by atoms with van der Waals surface area (Å²) in [5.41, 5.74) is 1.49. The number of hydrogen-bond donors (Lipinski definition) is 2. The molecule has 2 unspecified atom stereocenters. The van der Waals surface area contributed by atoms with Crippen molar-refractivity contribution in [3.8, 4) is 0 Å². The van der Waals surface area contributed by atoms with Crippen LogP contribution in [0.15, 0.2) is 18.2 Å². The zero-order valence-electron chi connectivity index (χ0n) is 14.8. The van der Waals surface area contributed by atoms with Crippen molar-refractivity contribution in [1.29, 1.82) is 0 Å². The number of halogens is 1. The molecule has 0 aromatic heterocycles. The maximum Gasteiger partial charge on any atom is 0.317 e. The van der Waals surface area contributed by atoms with Gasteiger partial charge >= 0.3 is 6.03 Å². The molecule has 1 aliphatic rings. The summed E-state index contributed by atoms with van der Waals surface area (Å²) in [7, 11) is 5.52. The average Bonchev–Trinajstić information content (AvgIpc) is 2.92. The number of nitrogens with zero attached hydrogens (tertiary/aromatic N) is 2. The lowest BCUT2D eigenvalue weighted by molar-refractivity contribution is 0.114. The van der Waals surface area contributed by atoms with Crippen molar-refractivity contribution in [2.75, 3.05) is 27.7 Å². The third-order valence-electron chi connectivity index (χ3n) is 4.51. The Labute approximate surface area is 143 Å². The van der Waals surface area contributed by atoms with Crippen LogP contribution in [0.1, 0.15) is 30.4 Å². The lowest BCUT2D eigenvalue weighted by Crippen LogP contribution is -2.40. The summed E-state index contributed by atoms with van der Waals surface area (Å²) in [6.45, 7) is 1.44. The first-order valence-corrected chi connectivity index (χ1v) is 8.46. The summed E-state index contributed by atoms with van der Waals surface area (Å²) in [4.78, 5) is 15.7. The van der Waals surface area contributed by atoms with E-state index in [2.05, 4.69) is 5.32 Å². The Bertz CT molecular complexity index is 565. The smallest absolute Gasteiger partial charge is 0.317 e. The van der Waals surface area contributed by atoms with Gasteiger partial charge in [-0.15, -0.1) is 0 Å². The van der Waals surface area contributed by atoms with Gasteiger partial charge in [-0.25, -0.2) is 9.18 Å². The van der Waals surface area contributed by atoms with Crippen LogP contribution in [0, 0.1) is 11.7 Å². The van der Waals surface area contributed by atoms with E-state index in [-0.39, 0.29) is 23.9 Å². The van der Waals surface area contributed by atoms with E-state index in [1.165, 1.54) is 6.07 Å². The standard InChI is InChI=1S/C18H28FN3O2/c1-21(2)11-15-9-13(7-8-16(15)19)10-20-18(24)22(3)12-14-5-4-6-17(14)23/h7-9,14,17,23H,4-6,10-12H2,1-3H3,(H,20,24). The Morgan fingerprint density at radius 3 is 2.71 bits per heavy atom. The SMILES string of the molecule is CN(C)Cc1cc(CNC(=O)N(C)CC2CCCC2O)ccc1F. The van der Waals surface area contributed by atoms with E-state index in [0.29, 0.717) is 25.2 Å². The molecule has 5 nitrogen and oxygen atoms in total. The number of aliphatic hydroxyl groups excluding tert-OH is 1. The first-order valence-electron chi connectivity index (χ1n) is 8.46. The molecule has 0 saturated heterocycles. The molecule has 2 N–H and O–H groups in total. The number of hydrogen-bond acceptors (Lipinski definition) is 3. The molecule has 134 valence electrons. The molecular formula is C18H28FN3O2. The molecule has 1 aliphatic carbocycles. The summed E-state index contributed by atoms with van der Waals surface area (Å²) < 4.78 is 13.8. The molecule has 0 spiro atoms. The highest BCUT2D eigenvalue weighted by atomic mass is 19.1. The second kappa shape index (κ2) is 8.44. The van der Waals surface area contributed by atoms with Gasteiger partial charge in [0.15, 0.2) is 0 Å². The van der Waals surface area contributed by atoms with E-state index in [0.717, 1.165) is 24.8 Å². The molecular weight excluding hydrogens is 309 g/mol. The van der Waals surface area contributed by atoms with Gasteiger partial charge in [0.25, 0.3) is 0 Å². The van der Waals surface area contributed by atoms with Crippen molar-refractivity contribution in [2.24, 2.45) is 5.92 Å². The second-order valence-corrected chi connectivity index (χ2v) is 6.96. The Morgan fingerprint density at radius 1 is 1.33 bits per heavy atom. The first kappa shape index (κ1) is 18.7. The molecule has 0 heterocycles. The van der Waals surface area contributed by atoms with Gasteiger partial charge in [-0.1, -0.05) is 12.5 Å². The lowest BCUT2D eigenvalue weighted by Gasteiger charge is -2.23. The molecule has 2 rings (SSSR count). The number of benzene rings is 1. The topological polar surface area (TPSA) is 55.8 Å². The molecule has 0 aliphatic heterocycles. The molecule has 6 heteroatoms. The van der Waals surface area contributed by atoms with Gasteiger partial charge in [0, 0.05) is 38.2 Å². The molecule has 1 saturated carbocycles. The predicted molar refractivity (Wildman–Crippen MR) is 92.0 cm³/mol. The Hall–Kier alpha value is -1.66. The molecule has 2 atom stereocenters. The zero-order chi connectivity index (χ0) is 17.7. The zero-order valence-corrected chi connectivity index (χ0v) is 14.8. The summed E-state index contributed by atoms with van der Waals surface area (Å²) in [5.74, 6) is -0.0654. The van der Waals surface area contributed by atoms with Crippen LogP contribution in [-0.4, -0.2) is 54.7 Å². The van der Waals surface area contributed by atoms with E-state index in [1.54, 1.807) is 24.1 Å². The van der Waals surface area contributed by atoms with Gasteiger partial charge in [-0.2, -0.15) is 0 Å². The second-order valence-electron chi connectivity index (χ2n) is 6.96. The number of nitrogens with one attached hydrogen (secondary N) is 1. The van der Waals surface area contributed by atoms with Gasteiger partial charge in [0.2, 0.25) is 0 Å². The van der Waals surface area contributed by atoms with Crippen LogP contribution >= 0.6 is 0 Å². The summed E-state index contributed by atoms with van der Waals surface area (Å²) in [6.07, 6.45) is 2.51. The Morgan fingerprint density at radius 2 is 2.08 bits per heavy atom. The summed E-state index contributed by atoms with van der Waals surface area (Å²) >= 11 is 0. The predicted octanol–water partition coefficient (Wildman–Crippen LogP) is 2.19. The van der Waals surface area contributed by atoms with Gasteiger partial charge in [-0.3, -0.25) is 0 Å². The van der Waals surface area contributed by atoms with Crippen molar-refractivity contribution in [1.82, 2.24) is 15.1 Å². The number of urea groups is 1. The number of aliphatic hydroxyl groups is 1. The van der Waals surface area contributed by atoms with E-state index in [9.17, 15) is 14.3 Å². The minimum atomic E-state index is -0.300. The van der Waals surface area contributed by atoms with Crippen LogP contribution in [0.25, 0.3) is 0 Å². The molecule has 1 fully saturated rings. The fourth-order valence-corrected chi connectivity index (χ4v) is 3.18. The van der Waals surface area contributed by atoms with Gasteiger partial charge in [0.05, 0.1) is 6.10 Å². The van der Waals surface area contributed by atoms with Crippen LogP contribution in [0.5, 0.6) is 0 Å². The van der Waals surface area contributed by atoms with Crippen molar-refractivity contribution in [3.63, 3.8) is 0 Å². The van der Waals surface area contributed by atoms with Crippen molar-refractivity contribution in [2.45, 2.75) is 38.5 Å². The minimum Gasteiger partial charge on any atom is -0.393 e. The van der Waals surface area contributed by atoms with Gasteiger partial charge in [-0.05, 0) is 44.6 Å². The highest BCUT2D eigenvalue weighted by Crippen LogP contribution is 2.25. The molecule has 24 heavy (non-hydrogen) atoms. The van der Waals surface area contributed by atoms with Crippen LogP contribution in [0.3, 0.4) is 0 Å². The van der Waals surface area contributed by atoms with Crippen LogP contribution in [-0.2, 0) is 13.1 Å². The van der Waals surface area contributed by atoms with Crippen molar-refractivity contribution >= 4 is 6.03 Å². The van der Waals surface area contributed by atoms with Crippen LogP contribution < -0.4 is 5.32 Å². The first-order chi connectivity index (χ1) is 11.4. The maximum atomic E-state index is 13.8. The molecule has 1 aromatic rings. The highest BCUT2D eigenvalue weighted by molar-refractivity contribution is 5.73. The fraction of sp³-hybridized carbons (Fsp3) is 0.611.